The molecule has 0 fully saturated rings. The zero-order valence-electron chi connectivity index (χ0n) is 11.2. The summed E-state index contributed by atoms with van der Waals surface area (Å²) in [7, 11) is 0. The second-order valence-electron chi connectivity index (χ2n) is 4.53. The summed E-state index contributed by atoms with van der Waals surface area (Å²) in [5.74, 6) is 0.461. The first-order valence-electron chi connectivity index (χ1n) is 6.21. The molecule has 0 N–H and O–H groups in total. The summed E-state index contributed by atoms with van der Waals surface area (Å²) in [6.45, 7) is 14.9. The van der Waals surface area contributed by atoms with E-state index in [0.717, 1.165) is 12.8 Å². The third kappa shape index (κ3) is 2.18. The van der Waals surface area contributed by atoms with E-state index < -0.39 is 0 Å². The molecule has 1 heterocycles. The molecular formula is C15H23N. The van der Waals surface area contributed by atoms with Crippen molar-refractivity contribution >= 4 is 6.08 Å². The van der Waals surface area contributed by atoms with Gasteiger partial charge in [-0.05, 0) is 42.4 Å². The summed E-state index contributed by atoms with van der Waals surface area (Å²) in [6.07, 6.45) is 4.03. The molecule has 0 atom stereocenters. The molecule has 0 aliphatic rings. The average Bonchev–Trinajstić information content (AvgIpc) is 2.27. The number of pyridine rings is 1. The predicted molar refractivity (Wildman–Crippen MR) is 71.9 cm³/mol. The molecule has 1 heteroatoms. The van der Waals surface area contributed by atoms with Gasteiger partial charge in [-0.1, -0.05) is 40.3 Å². The van der Waals surface area contributed by atoms with Gasteiger partial charge in [0.15, 0.2) is 0 Å². The maximum absolute atomic E-state index is 4.82. The Bertz CT molecular complexity index is 389. The van der Waals surface area contributed by atoms with E-state index in [2.05, 4.69) is 41.2 Å². The van der Waals surface area contributed by atoms with E-state index in [1.165, 1.54) is 28.1 Å². The number of aryl methyl sites for hydroxylation is 1. The summed E-state index contributed by atoms with van der Waals surface area (Å²) < 4.78 is 0. The Hall–Kier alpha value is -1.11. The quantitative estimate of drug-likeness (QED) is 0.733. The largest absolute Gasteiger partial charge is 0.257 e. The maximum Gasteiger partial charge on any atom is 0.0507 e. The van der Waals surface area contributed by atoms with Crippen molar-refractivity contribution in [3.05, 3.63) is 34.7 Å². The molecule has 0 bridgehead atoms. The normalized spacial score (nSPS) is 10.9. The van der Waals surface area contributed by atoms with Gasteiger partial charge in [0.05, 0.1) is 5.69 Å². The van der Waals surface area contributed by atoms with Crippen molar-refractivity contribution in [2.45, 2.75) is 53.4 Å². The second kappa shape index (κ2) is 5.29. The molecule has 1 rings (SSSR count). The van der Waals surface area contributed by atoms with Gasteiger partial charge in [-0.15, -0.1) is 0 Å². The van der Waals surface area contributed by atoms with Crippen molar-refractivity contribution < 1.29 is 0 Å². The minimum absolute atomic E-state index is 0.461. The van der Waals surface area contributed by atoms with Gasteiger partial charge >= 0.3 is 0 Å². The fourth-order valence-corrected chi connectivity index (χ4v) is 2.30. The van der Waals surface area contributed by atoms with E-state index >= 15 is 0 Å². The Balaban J connectivity index is 3.53. The Morgan fingerprint density at radius 1 is 1.25 bits per heavy atom. The monoisotopic (exact) mass is 217 g/mol. The SMILES string of the molecule is C=Cc1c(C(C)C)nc(CC)c(CC)c1C. The van der Waals surface area contributed by atoms with Gasteiger partial charge < -0.3 is 0 Å². The topological polar surface area (TPSA) is 12.9 Å². The third-order valence-electron chi connectivity index (χ3n) is 3.18. The van der Waals surface area contributed by atoms with Crippen molar-refractivity contribution in [1.29, 1.82) is 0 Å². The third-order valence-corrected chi connectivity index (χ3v) is 3.18. The van der Waals surface area contributed by atoms with Crippen LogP contribution in [-0.4, -0.2) is 4.98 Å². The zero-order valence-corrected chi connectivity index (χ0v) is 11.2. The second-order valence-corrected chi connectivity index (χ2v) is 4.53. The van der Waals surface area contributed by atoms with Crippen LogP contribution < -0.4 is 0 Å². The van der Waals surface area contributed by atoms with Crippen molar-refractivity contribution in [2.75, 3.05) is 0 Å². The van der Waals surface area contributed by atoms with Crippen LogP contribution in [0.15, 0.2) is 6.58 Å². The standard InChI is InChI=1S/C15H23N/c1-7-12-11(6)13(8-2)15(10(4)5)16-14(12)9-3/h8,10H,2,7,9H2,1,3-6H3. The molecule has 1 aromatic heterocycles. The number of rotatable bonds is 4. The van der Waals surface area contributed by atoms with Crippen LogP contribution >= 0.6 is 0 Å². The molecule has 0 aliphatic carbocycles. The highest BCUT2D eigenvalue weighted by molar-refractivity contribution is 5.58. The molecule has 0 saturated carbocycles. The van der Waals surface area contributed by atoms with Crippen LogP contribution in [0, 0.1) is 6.92 Å². The van der Waals surface area contributed by atoms with E-state index in [-0.39, 0.29) is 0 Å². The van der Waals surface area contributed by atoms with Crippen LogP contribution in [0.1, 0.15) is 61.7 Å². The molecule has 16 heavy (non-hydrogen) atoms. The van der Waals surface area contributed by atoms with E-state index in [9.17, 15) is 0 Å². The van der Waals surface area contributed by atoms with Gasteiger partial charge in [-0.3, -0.25) is 4.98 Å². The lowest BCUT2D eigenvalue weighted by molar-refractivity contribution is 0.790. The lowest BCUT2D eigenvalue weighted by atomic mass is 9.93. The molecule has 0 radical (unpaired) electrons. The van der Waals surface area contributed by atoms with Gasteiger partial charge in [0.1, 0.15) is 0 Å². The molecule has 0 saturated heterocycles. The predicted octanol–water partition coefficient (Wildman–Crippen LogP) is 4.28. The highest BCUT2D eigenvalue weighted by Gasteiger charge is 2.14. The first-order valence-corrected chi connectivity index (χ1v) is 6.21. The number of aromatic nitrogens is 1. The first kappa shape index (κ1) is 13.0. The molecule has 0 amide bonds. The minimum atomic E-state index is 0.461. The molecule has 1 nitrogen and oxygen atoms in total. The molecule has 0 unspecified atom stereocenters. The van der Waals surface area contributed by atoms with Gasteiger partial charge in [0.2, 0.25) is 0 Å². The van der Waals surface area contributed by atoms with Crippen LogP contribution in [-0.2, 0) is 12.8 Å². The Kier molecular flexibility index (Phi) is 4.28. The van der Waals surface area contributed by atoms with Gasteiger partial charge in [0, 0.05) is 5.69 Å². The summed E-state index contributed by atoms with van der Waals surface area (Å²) in [5, 5.41) is 0. The Morgan fingerprint density at radius 2 is 1.88 bits per heavy atom. The summed E-state index contributed by atoms with van der Waals surface area (Å²) in [4.78, 5) is 4.82. The van der Waals surface area contributed by atoms with E-state index in [0.29, 0.717) is 5.92 Å². The van der Waals surface area contributed by atoms with E-state index in [1.807, 2.05) is 6.08 Å². The molecule has 88 valence electrons. The molecule has 0 spiro atoms. The number of nitrogens with zero attached hydrogens (tertiary/aromatic N) is 1. The minimum Gasteiger partial charge on any atom is -0.257 e. The average molecular weight is 217 g/mol. The summed E-state index contributed by atoms with van der Waals surface area (Å²) in [6, 6.07) is 0. The van der Waals surface area contributed by atoms with Crippen LogP contribution in [0.3, 0.4) is 0 Å². The maximum atomic E-state index is 4.82. The Morgan fingerprint density at radius 3 is 2.25 bits per heavy atom. The lowest BCUT2D eigenvalue weighted by Crippen LogP contribution is -2.07. The van der Waals surface area contributed by atoms with Crippen molar-refractivity contribution in [2.24, 2.45) is 0 Å². The van der Waals surface area contributed by atoms with E-state index in [1.54, 1.807) is 0 Å². The van der Waals surface area contributed by atoms with Crippen LogP contribution in [0.25, 0.3) is 6.08 Å². The number of hydrogen-bond acceptors (Lipinski definition) is 1. The molecule has 0 aliphatic heterocycles. The van der Waals surface area contributed by atoms with Crippen LogP contribution in [0.2, 0.25) is 0 Å². The molecular weight excluding hydrogens is 194 g/mol. The summed E-state index contributed by atoms with van der Waals surface area (Å²) >= 11 is 0. The number of hydrogen-bond donors (Lipinski definition) is 0. The highest BCUT2D eigenvalue weighted by atomic mass is 14.7. The smallest absolute Gasteiger partial charge is 0.0507 e. The molecule has 0 aromatic carbocycles. The molecule has 1 aromatic rings. The van der Waals surface area contributed by atoms with Crippen molar-refractivity contribution in [1.82, 2.24) is 4.98 Å². The van der Waals surface area contributed by atoms with E-state index in [4.69, 9.17) is 4.98 Å². The zero-order chi connectivity index (χ0) is 12.3. The fourth-order valence-electron chi connectivity index (χ4n) is 2.30. The Labute approximate surface area is 99.6 Å². The highest BCUT2D eigenvalue weighted by Crippen LogP contribution is 2.26. The van der Waals surface area contributed by atoms with Crippen molar-refractivity contribution in [3.8, 4) is 0 Å². The first-order chi connectivity index (χ1) is 7.56. The summed E-state index contributed by atoms with van der Waals surface area (Å²) in [5.41, 5.74) is 6.47. The van der Waals surface area contributed by atoms with Gasteiger partial charge in [-0.25, -0.2) is 0 Å². The van der Waals surface area contributed by atoms with Crippen LogP contribution in [0.4, 0.5) is 0 Å². The lowest BCUT2D eigenvalue weighted by Gasteiger charge is -2.18. The van der Waals surface area contributed by atoms with Gasteiger partial charge in [0.25, 0.3) is 0 Å². The van der Waals surface area contributed by atoms with Gasteiger partial charge in [-0.2, -0.15) is 0 Å². The van der Waals surface area contributed by atoms with Crippen molar-refractivity contribution in [3.63, 3.8) is 0 Å². The van der Waals surface area contributed by atoms with Crippen LogP contribution in [0.5, 0.6) is 0 Å². The fraction of sp³-hybridized carbons (Fsp3) is 0.533.